The molecule has 1 aliphatic carbocycles. The third-order valence-corrected chi connectivity index (χ3v) is 2.78. The van der Waals surface area contributed by atoms with Crippen molar-refractivity contribution in [3.05, 3.63) is 30.7 Å². The van der Waals surface area contributed by atoms with E-state index in [2.05, 4.69) is 4.98 Å². The fraction of sp³-hybridized carbons (Fsp3) is 0.364. The van der Waals surface area contributed by atoms with E-state index in [4.69, 9.17) is 0 Å². The molecule has 1 fully saturated rings. The largest absolute Gasteiger partial charge is 1.00 e. The van der Waals surface area contributed by atoms with Crippen molar-refractivity contribution >= 4 is 11.4 Å². The van der Waals surface area contributed by atoms with E-state index in [-0.39, 0.29) is 17.0 Å². The lowest BCUT2D eigenvalue weighted by atomic mass is 10.3. The summed E-state index contributed by atoms with van der Waals surface area (Å²) in [5.41, 5.74) is 0.876. The standard InChI is InChI=1S/C11H12N3O.BrH/c15-10(9-3-4-9)8-13-6-1-2-11-12-5-7-14(11)13;/h1-2,5-7,9H,3-4,8H2;1H/q+1;/p-1. The molecule has 1 aliphatic rings. The average molecular weight is 282 g/mol. The van der Waals surface area contributed by atoms with Gasteiger partial charge in [0.25, 0.3) is 0 Å². The van der Waals surface area contributed by atoms with Crippen LogP contribution in [0.1, 0.15) is 12.8 Å². The monoisotopic (exact) mass is 281 g/mol. The molecule has 84 valence electrons. The summed E-state index contributed by atoms with van der Waals surface area (Å²) in [6.07, 6.45) is 7.66. The molecule has 5 heteroatoms. The number of fused-ring (bicyclic) bond motifs is 1. The van der Waals surface area contributed by atoms with Gasteiger partial charge in [-0.15, -0.1) is 9.20 Å². The van der Waals surface area contributed by atoms with Crippen LogP contribution in [-0.2, 0) is 11.3 Å². The molecule has 16 heavy (non-hydrogen) atoms. The van der Waals surface area contributed by atoms with E-state index in [1.165, 1.54) is 0 Å². The second-order valence-electron chi connectivity index (χ2n) is 3.98. The molecule has 2 aromatic heterocycles. The number of aromatic nitrogens is 3. The number of imidazole rings is 1. The topological polar surface area (TPSA) is 38.2 Å². The maximum Gasteiger partial charge on any atom is 0.230 e. The van der Waals surface area contributed by atoms with E-state index >= 15 is 0 Å². The summed E-state index contributed by atoms with van der Waals surface area (Å²) in [5.74, 6) is 0.650. The van der Waals surface area contributed by atoms with Gasteiger partial charge in [-0.2, -0.15) is 0 Å². The molecule has 2 aromatic rings. The molecule has 0 spiro atoms. The summed E-state index contributed by atoms with van der Waals surface area (Å²) >= 11 is 0. The lowest BCUT2D eigenvalue weighted by Gasteiger charge is -1.97. The first-order valence-corrected chi connectivity index (χ1v) is 5.19. The highest BCUT2D eigenvalue weighted by Gasteiger charge is 2.32. The highest BCUT2D eigenvalue weighted by atomic mass is 79.9. The number of nitrogens with zero attached hydrogens (tertiary/aromatic N) is 3. The van der Waals surface area contributed by atoms with Crippen molar-refractivity contribution in [3.63, 3.8) is 0 Å². The Morgan fingerprint density at radius 3 is 3.12 bits per heavy atom. The van der Waals surface area contributed by atoms with Gasteiger partial charge in [0, 0.05) is 12.0 Å². The molecule has 2 heterocycles. The van der Waals surface area contributed by atoms with Gasteiger partial charge in [0.15, 0.2) is 11.8 Å². The molecule has 0 atom stereocenters. The van der Waals surface area contributed by atoms with Crippen LogP contribution in [0.4, 0.5) is 0 Å². The van der Waals surface area contributed by atoms with Gasteiger partial charge in [-0.05, 0) is 18.9 Å². The van der Waals surface area contributed by atoms with Gasteiger partial charge in [0.2, 0.25) is 12.3 Å². The van der Waals surface area contributed by atoms with Gasteiger partial charge < -0.3 is 17.0 Å². The lowest BCUT2D eigenvalue weighted by molar-refractivity contribution is -0.752. The smallest absolute Gasteiger partial charge is 0.230 e. The number of carbonyl (C=O) groups is 1. The second-order valence-corrected chi connectivity index (χ2v) is 3.98. The van der Waals surface area contributed by atoms with Crippen molar-refractivity contribution < 1.29 is 26.5 Å². The number of carbonyl (C=O) groups excluding carboxylic acids is 1. The summed E-state index contributed by atoms with van der Waals surface area (Å²) in [7, 11) is 0. The van der Waals surface area contributed by atoms with Crippen LogP contribution in [-0.4, -0.2) is 15.3 Å². The first-order chi connectivity index (χ1) is 7.34. The number of halogens is 1. The van der Waals surface area contributed by atoms with Crippen LogP contribution in [0, 0.1) is 5.92 Å². The fourth-order valence-electron chi connectivity index (χ4n) is 1.77. The first-order valence-electron chi connectivity index (χ1n) is 5.19. The molecule has 0 unspecified atom stereocenters. The van der Waals surface area contributed by atoms with E-state index < -0.39 is 0 Å². The Bertz CT molecular complexity index is 519. The van der Waals surface area contributed by atoms with Crippen molar-refractivity contribution in [2.75, 3.05) is 0 Å². The minimum atomic E-state index is 0. The third-order valence-electron chi connectivity index (χ3n) is 2.78. The van der Waals surface area contributed by atoms with Crippen molar-refractivity contribution in [2.45, 2.75) is 19.4 Å². The van der Waals surface area contributed by atoms with E-state index in [0.29, 0.717) is 18.2 Å². The van der Waals surface area contributed by atoms with E-state index in [1.807, 2.05) is 33.7 Å². The minimum absolute atomic E-state index is 0. The van der Waals surface area contributed by atoms with Crippen LogP contribution in [0.5, 0.6) is 0 Å². The quantitative estimate of drug-likeness (QED) is 0.589. The molecule has 0 bridgehead atoms. The van der Waals surface area contributed by atoms with Crippen LogP contribution in [0.2, 0.25) is 0 Å². The Hall–Kier alpha value is -1.23. The van der Waals surface area contributed by atoms with Crippen molar-refractivity contribution in [3.8, 4) is 0 Å². The Labute approximate surface area is 104 Å². The second kappa shape index (κ2) is 4.33. The molecule has 0 amide bonds. The summed E-state index contributed by atoms with van der Waals surface area (Å²) in [4.78, 5) is 15.9. The van der Waals surface area contributed by atoms with Crippen LogP contribution in [0.25, 0.3) is 5.65 Å². The Kier molecular flexibility index (Phi) is 3.05. The van der Waals surface area contributed by atoms with Gasteiger partial charge >= 0.3 is 0 Å². The molecule has 3 rings (SSSR count). The van der Waals surface area contributed by atoms with Crippen molar-refractivity contribution in [1.82, 2.24) is 9.50 Å². The molecular formula is C11H12BrN3O. The molecule has 0 radical (unpaired) electrons. The van der Waals surface area contributed by atoms with Gasteiger partial charge in [0.05, 0.1) is 12.4 Å². The number of hydrogen-bond acceptors (Lipinski definition) is 2. The maximum atomic E-state index is 11.7. The van der Waals surface area contributed by atoms with Gasteiger partial charge in [-0.25, -0.2) is 4.98 Å². The molecule has 0 saturated heterocycles. The zero-order valence-corrected chi connectivity index (χ0v) is 10.3. The normalized spacial score (nSPS) is 14.8. The predicted octanol–water partition coefficient (Wildman–Crippen LogP) is -2.40. The third kappa shape index (κ3) is 2.00. The highest BCUT2D eigenvalue weighted by Crippen LogP contribution is 2.29. The summed E-state index contributed by atoms with van der Waals surface area (Å²) in [6.45, 7) is 0.457. The molecule has 4 nitrogen and oxygen atoms in total. The van der Waals surface area contributed by atoms with E-state index in [9.17, 15) is 4.79 Å². The first kappa shape index (κ1) is 11.3. The van der Waals surface area contributed by atoms with Crippen molar-refractivity contribution in [2.24, 2.45) is 5.92 Å². The number of Topliss-reactive ketones (excluding diaryl/α,β-unsaturated/α-hetero) is 1. The zero-order chi connectivity index (χ0) is 10.3. The highest BCUT2D eigenvalue weighted by molar-refractivity contribution is 5.81. The van der Waals surface area contributed by atoms with Crippen molar-refractivity contribution in [1.29, 1.82) is 0 Å². The molecule has 0 aromatic carbocycles. The van der Waals surface area contributed by atoms with Crippen LogP contribution in [0.3, 0.4) is 0 Å². The number of ketones is 1. The molecule has 0 aliphatic heterocycles. The minimum Gasteiger partial charge on any atom is -1.00 e. The number of hydrogen-bond donors (Lipinski definition) is 0. The molecular weight excluding hydrogens is 270 g/mol. The maximum absolute atomic E-state index is 11.7. The SMILES string of the molecule is O=C(C[n+]1cccc2nccn21)C1CC1.[Br-]. The van der Waals surface area contributed by atoms with E-state index in [1.54, 1.807) is 6.20 Å². The van der Waals surface area contributed by atoms with Gasteiger partial charge in [-0.1, -0.05) is 0 Å². The lowest BCUT2D eigenvalue weighted by Crippen LogP contribution is -3.00. The Morgan fingerprint density at radius 2 is 2.38 bits per heavy atom. The van der Waals surface area contributed by atoms with Crippen LogP contribution < -0.4 is 21.7 Å². The average Bonchev–Trinajstić information content (AvgIpc) is 2.97. The van der Waals surface area contributed by atoms with Gasteiger partial charge in [0.1, 0.15) is 0 Å². The Morgan fingerprint density at radius 1 is 1.56 bits per heavy atom. The summed E-state index contributed by atoms with van der Waals surface area (Å²) < 4.78 is 3.81. The zero-order valence-electron chi connectivity index (χ0n) is 8.71. The molecule has 1 saturated carbocycles. The van der Waals surface area contributed by atoms with Gasteiger partial charge in [-0.3, -0.25) is 4.79 Å². The van der Waals surface area contributed by atoms with Crippen LogP contribution in [0.15, 0.2) is 30.7 Å². The Balaban J connectivity index is 0.000000963. The predicted molar refractivity (Wildman–Crippen MR) is 53.1 cm³/mol. The van der Waals surface area contributed by atoms with E-state index in [0.717, 1.165) is 18.5 Å². The number of rotatable bonds is 3. The fourth-order valence-corrected chi connectivity index (χ4v) is 1.77. The van der Waals surface area contributed by atoms with Crippen LogP contribution >= 0.6 is 0 Å². The summed E-state index contributed by atoms with van der Waals surface area (Å²) in [6, 6.07) is 3.85. The summed E-state index contributed by atoms with van der Waals surface area (Å²) in [5, 5.41) is 0. The molecule has 0 N–H and O–H groups in total.